The Balaban J connectivity index is 1.65. The van der Waals surface area contributed by atoms with Gasteiger partial charge in [-0.25, -0.2) is 4.99 Å². The van der Waals surface area contributed by atoms with Gasteiger partial charge in [0, 0.05) is 37.4 Å². The molecular weight excluding hydrogens is 322 g/mol. The Morgan fingerprint density at radius 1 is 1.04 bits per heavy atom. The van der Waals surface area contributed by atoms with E-state index in [9.17, 15) is 0 Å². The first kappa shape index (κ1) is 17.1. The standard InChI is InChI=1S/C21H27N5/c1-16-7-8-19-20(15-16)24-21(17-5-2-3-6-18(17)23-19)26-13-11-25(12-14-26)10-4-9-22/h2-3,5-8,15,23H,4,9-14,22H2,1H3. The lowest BCUT2D eigenvalue weighted by molar-refractivity contribution is 0.182. The molecule has 2 aliphatic heterocycles. The first-order valence-corrected chi connectivity index (χ1v) is 9.48. The fraction of sp³-hybridized carbons (Fsp3) is 0.381. The van der Waals surface area contributed by atoms with Crippen molar-refractivity contribution in [1.29, 1.82) is 0 Å². The minimum Gasteiger partial charge on any atom is -0.353 e. The van der Waals surface area contributed by atoms with Gasteiger partial charge in [-0.1, -0.05) is 18.2 Å². The number of benzene rings is 2. The van der Waals surface area contributed by atoms with Gasteiger partial charge in [-0.05, 0) is 56.3 Å². The smallest absolute Gasteiger partial charge is 0.138 e. The molecule has 26 heavy (non-hydrogen) atoms. The van der Waals surface area contributed by atoms with Crippen molar-refractivity contribution in [2.75, 3.05) is 44.6 Å². The molecule has 0 aliphatic carbocycles. The number of piperazine rings is 1. The summed E-state index contributed by atoms with van der Waals surface area (Å²) in [7, 11) is 0. The molecule has 136 valence electrons. The zero-order chi connectivity index (χ0) is 17.9. The van der Waals surface area contributed by atoms with Crippen LogP contribution in [-0.2, 0) is 0 Å². The molecule has 0 saturated carbocycles. The van der Waals surface area contributed by atoms with E-state index in [-0.39, 0.29) is 0 Å². The summed E-state index contributed by atoms with van der Waals surface area (Å²) in [6.45, 7) is 8.10. The van der Waals surface area contributed by atoms with E-state index in [4.69, 9.17) is 10.7 Å². The van der Waals surface area contributed by atoms with Crippen LogP contribution in [0.3, 0.4) is 0 Å². The number of hydrogen-bond acceptors (Lipinski definition) is 5. The molecule has 0 aromatic heterocycles. The van der Waals surface area contributed by atoms with Crippen LogP contribution in [0.2, 0.25) is 0 Å². The van der Waals surface area contributed by atoms with Crippen LogP contribution in [0.25, 0.3) is 0 Å². The summed E-state index contributed by atoms with van der Waals surface area (Å²) >= 11 is 0. The highest BCUT2D eigenvalue weighted by Gasteiger charge is 2.24. The van der Waals surface area contributed by atoms with Crippen molar-refractivity contribution in [2.24, 2.45) is 10.7 Å². The van der Waals surface area contributed by atoms with Crippen molar-refractivity contribution < 1.29 is 0 Å². The van der Waals surface area contributed by atoms with Crippen molar-refractivity contribution in [3.05, 3.63) is 53.6 Å². The molecule has 5 nitrogen and oxygen atoms in total. The van der Waals surface area contributed by atoms with Crippen molar-refractivity contribution in [3.8, 4) is 0 Å². The number of anilines is 2. The summed E-state index contributed by atoms with van der Waals surface area (Å²) in [6.07, 6.45) is 1.07. The van der Waals surface area contributed by atoms with E-state index < -0.39 is 0 Å². The average molecular weight is 349 g/mol. The van der Waals surface area contributed by atoms with Gasteiger partial charge < -0.3 is 16.0 Å². The molecule has 2 aliphatic rings. The third-order valence-electron chi connectivity index (χ3n) is 5.17. The highest BCUT2D eigenvalue weighted by atomic mass is 15.3. The van der Waals surface area contributed by atoms with E-state index in [1.807, 2.05) is 0 Å². The Morgan fingerprint density at radius 3 is 2.65 bits per heavy atom. The van der Waals surface area contributed by atoms with Crippen LogP contribution in [-0.4, -0.2) is 54.9 Å². The number of para-hydroxylation sites is 1. The van der Waals surface area contributed by atoms with Crippen LogP contribution >= 0.6 is 0 Å². The number of nitrogens with zero attached hydrogens (tertiary/aromatic N) is 3. The van der Waals surface area contributed by atoms with E-state index in [0.717, 1.165) is 68.6 Å². The molecule has 0 atom stereocenters. The average Bonchev–Trinajstić information content (AvgIpc) is 2.83. The zero-order valence-electron chi connectivity index (χ0n) is 15.4. The molecule has 0 spiro atoms. The summed E-state index contributed by atoms with van der Waals surface area (Å²) in [4.78, 5) is 10.0. The Kier molecular flexibility index (Phi) is 4.91. The van der Waals surface area contributed by atoms with Crippen molar-refractivity contribution in [3.63, 3.8) is 0 Å². The highest BCUT2D eigenvalue weighted by molar-refractivity contribution is 6.07. The lowest BCUT2D eigenvalue weighted by Gasteiger charge is -2.36. The second-order valence-electron chi connectivity index (χ2n) is 7.10. The third kappa shape index (κ3) is 3.45. The van der Waals surface area contributed by atoms with Gasteiger partial charge in [0.15, 0.2) is 0 Å². The highest BCUT2D eigenvalue weighted by Crippen LogP contribution is 2.35. The van der Waals surface area contributed by atoms with Gasteiger partial charge in [0.05, 0.1) is 11.4 Å². The van der Waals surface area contributed by atoms with E-state index in [1.54, 1.807) is 0 Å². The fourth-order valence-electron chi connectivity index (χ4n) is 3.69. The molecule has 3 N–H and O–H groups in total. The molecule has 1 fully saturated rings. The van der Waals surface area contributed by atoms with Crippen molar-refractivity contribution in [1.82, 2.24) is 9.80 Å². The van der Waals surface area contributed by atoms with Gasteiger partial charge in [0.2, 0.25) is 0 Å². The van der Waals surface area contributed by atoms with E-state index >= 15 is 0 Å². The maximum atomic E-state index is 5.65. The molecule has 2 aromatic carbocycles. The fourth-order valence-corrected chi connectivity index (χ4v) is 3.69. The zero-order valence-corrected chi connectivity index (χ0v) is 15.4. The SMILES string of the molecule is Cc1ccc2c(c1)N=C(N1CCN(CCCN)CC1)c1ccccc1N2. The summed E-state index contributed by atoms with van der Waals surface area (Å²) in [6, 6.07) is 14.9. The number of fused-ring (bicyclic) bond motifs is 2. The molecule has 2 heterocycles. The molecular formula is C21H27N5. The molecule has 2 aromatic rings. The lowest BCUT2D eigenvalue weighted by Crippen LogP contribution is -2.49. The van der Waals surface area contributed by atoms with Crippen LogP contribution in [0.1, 0.15) is 17.5 Å². The summed E-state index contributed by atoms with van der Waals surface area (Å²) in [5.41, 5.74) is 11.3. The maximum absolute atomic E-state index is 5.65. The second-order valence-corrected chi connectivity index (χ2v) is 7.10. The number of amidine groups is 1. The van der Waals surface area contributed by atoms with Crippen LogP contribution in [0.15, 0.2) is 47.5 Å². The molecule has 1 saturated heterocycles. The number of nitrogens with two attached hydrogens (primary N) is 1. The van der Waals surface area contributed by atoms with Gasteiger partial charge in [-0.3, -0.25) is 4.90 Å². The van der Waals surface area contributed by atoms with Gasteiger partial charge in [-0.2, -0.15) is 0 Å². The van der Waals surface area contributed by atoms with E-state index in [1.165, 1.54) is 11.1 Å². The van der Waals surface area contributed by atoms with Gasteiger partial charge in [0.25, 0.3) is 0 Å². The van der Waals surface area contributed by atoms with E-state index in [0.29, 0.717) is 0 Å². The third-order valence-corrected chi connectivity index (χ3v) is 5.17. The molecule has 0 bridgehead atoms. The first-order valence-electron chi connectivity index (χ1n) is 9.48. The molecule has 0 unspecified atom stereocenters. The van der Waals surface area contributed by atoms with Crippen LogP contribution in [0.4, 0.5) is 17.1 Å². The minimum atomic E-state index is 0.766. The van der Waals surface area contributed by atoms with Gasteiger partial charge in [0.1, 0.15) is 5.84 Å². The summed E-state index contributed by atoms with van der Waals surface area (Å²) < 4.78 is 0. The second kappa shape index (κ2) is 7.48. The Morgan fingerprint density at radius 2 is 1.85 bits per heavy atom. The predicted molar refractivity (Wildman–Crippen MR) is 109 cm³/mol. The quantitative estimate of drug-likeness (QED) is 0.894. The lowest BCUT2D eigenvalue weighted by atomic mass is 10.1. The Labute approximate surface area is 155 Å². The topological polar surface area (TPSA) is 56.9 Å². The van der Waals surface area contributed by atoms with Crippen LogP contribution in [0.5, 0.6) is 0 Å². The summed E-state index contributed by atoms with van der Waals surface area (Å²) in [5.74, 6) is 1.08. The molecule has 0 radical (unpaired) electrons. The normalized spacial score (nSPS) is 17.0. The number of aryl methyl sites for hydroxylation is 1. The minimum absolute atomic E-state index is 0.766. The first-order chi connectivity index (χ1) is 12.7. The Hall–Kier alpha value is -2.37. The van der Waals surface area contributed by atoms with E-state index in [2.05, 4.69) is 64.5 Å². The predicted octanol–water partition coefficient (Wildman–Crippen LogP) is 3.10. The molecule has 4 rings (SSSR count). The molecule has 5 heteroatoms. The summed E-state index contributed by atoms with van der Waals surface area (Å²) in [5, 5.41) is 3.57. The Bertz CT molecular complexity index is 806. The number of aliphatic imine (C=N–C) groups is 1. The monoisotopic (exact) mass is 349 g/mol. The molecule has 0 amide bonds. The van der Waals surface area contributed by atoms with Gasteiger partial charge >= 0.3 is 0 Å². The van der Waals surface area contributed by atoms with Crippen molar-refractivity contribution >= 4 is 22.9 Å². The van der Waals surface area contributed by atoms with Crippen molar-refractivity contribution in [2.45, 2.75) is 13.3 Å². The number of rotatable bonds is 3. The largest absolute Gasteiger partial charge is 0.353 e. The van der Waals surface area contributed by atoms with Gasteiger partial charge in [-0.15, -0.1) is 0 Å². The number of hydrogen-bond donors (Lipinski definition) is 2. The van der Waals surface area contributed by atoms with Crippen LogP contribution in [0, 0.1) is 6.92 Å². The number of nitrogens with one attached hydrogen (secondary N) is 1. The van der Waals surface area contributed by atoms with Crippen LogP contribution < -0.4 is 11.1 Å². The maximum Gasteiger partial charge on any atom is 0.138 e.